The first-order valence-electron chi connectivity index (χ1n) is 20.6. The third-order valence-electron chi connectivity index (χ3n) is 11.7. The lowest BCUT2D eigenvalue weighted by Crippen LogP contribution is -2.41. The van der Waals surface area contributed by atoms with Gasteiger partial charge in [0.2, 0.25) is 0 Å². The standard InChI is InChI=1S/2C24H20B2N4/c2*1-3-7-19(8-4-1)25-27-21-13-11-17(15-23(21)29-25)18-12-14-22-24(16-18)30-26(28-22)20-9-5-2-6-10-20/h2*1-16,27-30H. The van der Waals surface area contributed by atoms with Crippen LogP contribution in [0.4, 0.5) is 45.5 Å². The molecule has 8 aromatic carbocycles. The van der Waals surface area contributed by atoms with Gasteiger partial charge in [-0.25, -0.2) is 0 Å². The van der Waals surface area contributed by atoms with Crippen LogP contribution < -0.4 is 63.7 Å². The second-order valence-corrected chi connectivity index (χ2v) is 15.6. The first kappa shape index (κ1) is 35.6. The van der Waals surface area contributed by atoms with Gasteiger partial charge in [0.05, 0.1) is 0 Å². The van der Waals surface area contributed by atoms with E-state index in [2.05, 4.69) is 212 Å². The van der Waals surface area contributed by atoms with Gasteiger partial charge in [0, 0.05) is 45.5 Å². The molecule has 12 rings (SSSR count). The van der Waals surface area contributed by atoms with Crippen LogP contribution in [0.15, 0.2) is 194 Å². The van der Waals surface area contributed by atoms with E-state index in [4.69, 9.17) is 0 Å². The summed E-state index contributed by atoms with van der Waals surface area (Å²) in [6.45, 7) is 0.422. The van der Waals surface area contributed by atoms with Crippen LogP contribution >= 0.6 is 0 Å². The fraction of sp³-hybridized carbons (Fsp3) is 0. The highest BCUT2D eigenvalue weighted by Crippen LogP contribution is 2.38. The molecule has 0 radical (unpaired) electrons. The minimum atomic E-state index is 0.106. The molecule has 0 fully saturated rings. The zero-order valence-corrected chi connectivity index (χ0v) is 32.8. The van der Waals surface area contributed by atoms with Crippen LogP contribution in [0.1, 0.15) is 0 Å². The molecule has 0 spiro atoms. The SMILES string of the molecule is c1ccc(B2Nc3ccc(-c4ccc5c(c4)NB(c4ccccc4)N5)cc3N2)cc1.c1ccc(B2Nc3ccc(-c4ccc5c(c4)NB(c4ccccc4)N5)cc3N2)cc1. The number of nitrogens with one attached hydrogen (secondary N) is 8. The molecule has 4 aliphatic rings. The van der Waals surface area contributed by atoms with Crippen molar-refractivity contribution >= 4 is 95.3 Å². The maximum Gasteiger partial charge on any atom is 0.406 e. The van der Waals surface area contributed by atoms with Crippen molar-refractivity contribution < 1.29 is 0 Å². The Morgan fingerprint density at radius 3 is 0.617 bits per heavy atom. The molecular weight excluding hydrogens is 732 g/mol. The molecule has 0 saturated heterocycles. The molecule has 0 atom stereocenters. The maximum absolute atomic E-state index is 3.60. The highest BCUT2D eigenvalue weighted by atomic mass is 15.1. The van der Waals surface area contributed by atoms with E-state index in [0.29, 0.717) is 0 Å². The minimum absolute atomic E-state index is 0.106. The van der Waals surface area contributed by atoms with Gasteiger partial charge in [-0.1, -0.05) is 146 Å². The molecule has 8 N–H and O–H groups in total. The molecule has 8 nitrogen and oxygen atoms in total. The summed E-state index contributed by atoms with van der Waals surface area (Å²) in [6.07, 6.45) is 0. The highest BCUT2D eigenvalue weighted by Gasteiger charge is 2.30. The van der Waals surface area contributed by atoms with Crippen LogP contribution in [-0.4, -0.2) is 27.9 Å². The molecule has 0 saturated carbocycles. The van der Waals surface area contributed by atoms with E-state index in [1.54, 1.807) is 0 Å². The van der Waals surface area contributed by atoms with Gasteiger partial charge in [0.15, 0.2) is 0 Å². The monoisotopic (exact) mass is 772 g/mol. The van der Waals surface area contributed by atoms with E-state index < -0.39 is 0 Å². The third-order valence-corrected chi connectivity index (χ3v) is 11.7. The Labute approximate surface area is 352 Å². The smallest absolute Gasteiger partial charge is 0.404 e. The van der Waals surface area contributed by atoms with Gasteiger partial charge >= 0.3 is 27.9 Å². The summed E-state index contributed by atoms with van der Waals surface area (Å²) in [5.74, 6) is 0. The van der Waals surface area contributed by atoms with Crippen molar-refractivity contribution in [1.29, 1.82) is 0 Å². The van der Waals surface area contributed by atoms with Gasteiger partial charge in [-0.2, -0.15) is 0 Å². The van der Waals surface area contributed by atoms with Crippen LogP contribution in [-0.2, 0) is 0 Å². The molecule has 12 heteroatoms. The van der Waals surface area contributed by atoms with E-state index in [9.17, 15) is 0 Å². The molecule has 0 amide bonds. The Morgan fingerprint density at radius 2 is 0.400 bits per heavy atom. The van der Waals surface area contributed by atoms with Gasteiger partial charge in [0.1, 0.15) is 0 Å². The molecule has 4 aliphatic heterocycles. The van der Waals surface area contributed by atoms with Crippen LogP contribution in [0.5, 0.6) is 0 Å². The number of hydrogen-bond donors (Lipinski definition) is 8. The Hall–Kier alpha value is -7.58. The van der Waals surface area contributed by atoms with Crippen molar-refractivity contribution in [2.24, 2.45) is 0 Å². The van der Waals surface area contributed by atoms with Crippen molar-refractivity contribution in [2.45, 2.75) is 0 Å². The normalized spacial score (nSPS) is 13.6. The Kier molecular flexibility index (Phi) is 9.07. The molecule has 4 heterocycles. The molecule has 0 unspecified atom stereocenters. The second kappa shape index (κ2) is 15.3. The Bertz CT molecular complexity index is 2430. The van der Waals surface area contributed by atoms with Gasteiger partial charge in [0.25, 0.3) is 0 Å². The van der Waals surface area contributed by atoms with Gasteiger partial charge in [-0.15, -0.1) is 0 Å². The van der Waals surface area contributed by atoms with E-state index in [1.165, 1.54) is 44.1 Å². The summed E-state index contributed by atoms with van der Waals surface area (Å²) in [6, 6.07) is 68.1. The zero-order valence-electron chi connectivity index (χ0n) is 32.8. The minimum Gasteiger partial charge on any atom is -0.404 e. The van der Waals surface area contributed by atoms with Gasteiger partial charge in [-0.3, -0.25) is 0 Å². The number of fused-ring (bicyclic) bond motifs is 4. The largest absolute Gasteiger partial charge is 0.406 e. The van der Waals surface area contributed by atoms with Crippen LogP contribution in [0.25, 0.3) is 22.3 Å². The first-order valence-corrected chi connectivity index (χ1v) is 20.6. The van der Waals surface area contributed by atoms with Gasteiger partial charge in [-0.05, 0) is 92.6 Å². The second-order valence-electron chi connectivity index (χ2n) is 15.6. The summed E-state index contributed by atoms with van der Waals surface area (Å²) in [7, 11) is 0. The van der Waals surface area contributed by atoms with Crippen LogP contribution in [0, 0.1) is 0 Å². The number of anilines is 8. The number of hydrogen-bond acceptors (Lipinski definition) is 8. The highest BCUT2D eigenvalue weighted by molar-refractivity contribution is 6.82. The molecule has 0 bridgehead atoms. The molecule has 60 heavy (non-hydrogen) atoms. The summed E-state index contributed by atoms with van der Waals surface area (Å²) >= 11 is 0. The van der Waals surface area contributed by atoms with E-state index in [0.717, 1.165) is 45.5 Å². The van der Waals surface area contributed by atoms with Crippen LogP contribution in [0.3, 0.4) is 0 Å². The van der Waals surface area contributed by atoms with Crippen molar-refractivity contribution in [1.82, 2.24) is 0 Å². The van der Waals surface area contributed by atoms with E-state index in [-0.39, 0.29) is 27.9 Å². The van der Waals surface area contributed by atoms with Crippen molar-refractivity contribution in [2.75, 3.05) is 41.8 Å². The topological polar surface area (TPSA) is 96.2 Å². The predicted octanol–water partition coefficient (Wildman–Crippen LogP) is 7.64. The van der Waals surface area contributed by atoms with Crippen molar-refractivity contribution in [3.63, 3.8) is 0 Å². The lowest BCUT2D eigenvalue weighted by Gasteiger charge is -2.08. The lowest BCUT2D eigenvalue weighted by atomic mass is 9.69. The summed E-state index contributed by atoms with van der Waals surface area (Å²) in [5.41, 5.74) is 18.8. The Balaban J connectivity index is 0.000000136. The summed E-state index contributed by atoms with van der Waals surface area (Å²) < 4.78 is 0. The fourth-order valence-electron chi connectivity index (χ4n) is 8.51. The molecular formula is C48H40B4N8. The molecule has 8 aromatic rings. The van der Waals surface area contributed by atoms with Crippen molar-refractivity contribution in [3.05, 3.63) is 194 Å². The fourth-order valence-corrected chi connectivity index (χ4v) is 8.51. The molecule has 284 valence electrons. The van der Waals surface area contributed by atoms with E-state index >= 15 is 0 Å². The van der Waals surface area contributed by atoms with Crippen LogP contribution in [0.2, 0.25) is 0 Å². The molecule has 0 aromatic heterocycles. The summed E-state index contributed by atoms with van der Waals surface area (Å²) in [5, 5.41) is 28.7. The Morgan fingerprint density at radius 1 is 0.200 bits per heavy atom. The van der Waals surface area contributed by atoms with E-state index in [1.807, 2.05) is 24.3 Å². The number of rotatable bonds is 6. The average Bonchev–Trinajstić information content (AvgIpc) is 4.14. The summed E-state index contributed by atoms with van der Waals surface area (Å²) in [4.78, 5) is 0. The number of benzene rings is 8. The lowest BCUT2D eigenvalue weighted by molar-refractivity contribution is 1.62. The zero-order chi connectivity index (χ0) is 39.8. The molecule has 0 aliphatic carbocycles. The quantitative estimate of drug-likeness (QED) is 0.0819. The first-order chi connectivity index (χ1) is 29.7. The van der Waals surface area contributed by atoms with Crippen molar-refractivity contribution in [3.8, 4) is 22.3 Å². The maximum atomic E-state index is 3.60. The average molecular weight is 772 g/mol. The third kappa shape index (κ3) is 7.02. The predicted molar refractivity (Wildman–Crippen MR) is 260 cm³/mol. The van der Waals surface area contributed by atoms with Gasteiger partial charge < -0.3 is 41.8 Å².